The summed E-state index contributed by atoms with van der Waals surface area (Å²) in [6.07, 6.45) is 0.175. The van der Waals surface area contributed by atoms with Gasteiger partial charge in [-0.15, -0.1) is 0 Å². The van der Waals surface area contributed by atoms with Gasteiger partial charge in [-0.3, -0.25) is 9.59 Å². The number of carbonyl (C=O) groups is 2. The Labute approximate surface area is 193 Å². The molecular formula is C25H27N5O3. The van der Waals surface area contributed by atoms with Crippen molar-refractivity contribution in [2.45, 2.75) is 20.3 Å². The molecule has 0 spiro atoms. The highest BCUT2D eigenvalue weighted by atomic mass is 16.5. The highest BCUT2D eigenvalue weighted by Gasteiger charge is 2.35. The Morgan fingerprint density at radius 3 is 2.45 bits per heavy atom. The fraction of sp³-hybridized carbons (Fsp3) is 0.280. The first-order valence-corrected chi connectivity index (χ1v) is 10.8. The number of rotatable bonds is 6. The molecule has 2 heterocycles. The van der Waals surface area contributed by atoms with Crippen LogP contribution in [0.4, 0.5) is 23.0 Å². The van der Waals surface area contributed by atoms with Gasteiger partial charge < -0.3 is 19.9 Å². The van der Waals surface area contributed by atoms with Gasteiger partial charge in [0, 0.05) is 54.5 Å². The number of ether oxygens (including phenoxy) is 1. The molecule has 1 aliphatic heterocycles. The van der Waals surface area contributed by atoms with Gasteiger partial charge in [0.15, 0.2) is 0 Å². The van der Waals surface area contributed by atoms with Crippen molar-refractivity contribution < 1.29 is 14.3 Å². The number of hydrogen-bond donors (Lipinski definition) is 1. The molecule has 1 saturated heterocycles. The summed E-state index contributed by atoms with van der Waals surface area (Å²) in [5.74, 6) is 0.618. The van der Waals surface area contributed by atoms with Gasteiger partial charge in [-0.25, -0.2) is 9.97 Å². The van der Waals surface area contributed by atoms with Crippen LogP contribution in [-0.4, -0.2) is 42.5 Å². The zero-order valence-electron chi connectivity index (χ0n) is 19.2. The van der Waals surface area contributed by atoms with E-state index in [1.54, 1.807) is 18.1 Å². The number of benzene rings is 2. The highest BCUT2D eigenvalue weighted by Crippen LogP contribution is 2.29. The van der Waals surface area contributed by atoms with Gasteiger partial charge >= 0.3 is 0 Å². The van der Waals surface area contributed by atoms with Crippen LogP contribution in [-0.2, 0) is 9.59 Å². The summed E-state index contributed by atoms with van der Waals surface area (Å²) in [6, 6.07) is 16.7. The number of aromatic nitrogens is 2. The van der Waals surface area contributed by atoms with Crippen molar-refractivity contribution in [2.75, 3.05) is 35.8 Å². The minimum absolute atomic E-state index is 0.0752. The second-order valence-corrected chi connectivity index (χ2v) is 8.15. The molecule has 4 rings (SSSR count). The van der Waals surface area contributed by atoms with E-state index in [4.69, 9.17) is 4.74 Å². The van der Waals surface area contributed by atoms with Gasteiger partial charge in [0.05, 0.1) is 13.0 Å². The Morgan fingerprint density at radius 2 is 1.79 bits per heavy atom. The second kappa shape index (κ2) is 9.28. The predicted molar refractivity (Wildman–Crippen MR) is 128 cm³/mol. The number of anilines is 4. The van der Waals surface area contributed by atoms with Crippen molar-refractivity contribution in [3.05, 3.63) is 66.0 Å². The number of carbonyl (C=O) groups excluding carboxylic acids is 2. The molecule has 8 nitrogen and oxygen atoms in total. The van der Waals surface area contributed by atoms with Crippen LogP contribution in [0.2, 0.25) is 0 Å². The molecule has 0 aliphatic carbocycles. The van der Waals surface area contributed by atoms with E-state index in [1.807, 2.05) is 74.3 Å². The normalized spacial score (nSPS) is 15.5. The van der Waals surface area contributed by atoms with E-state index in [1.165, 1.54) is 0 Å². The fourth-order valence-electron chi connectivity index (χ4n) is 3.90. The zero-order chi connectivity index (χ0) is 23.5. The highest BCUT2D eigenvalue weighted by molar-refractivity contribution is 6.03. The Kier molecular flexibility index (Phi) is 6.26. The summed E-state index contributed by atoms with van der Waals surface area (Å²) in [5.41, 5.74) is 4.12. The van der Waals surface area contributed by atoms with E-state index in [-0.39, 0.29) is 18.2 Å². The summed E-state index contributed by atoms with van der Waals surface area (Å²) in [7, 11) is 3.48. The maximum atomic E-state index is 12.8. The van der Waals surface area contributed by atoms with Gasteiger partial charge in [0.1, 0.15) is 5.75 Å². The molecule has 170 valence electrons. The van der Waals surface area contributed by atoms with Crippen LogP contribution in [0.15, 0.2) is 54.6 Å². The number of methoxy groups -OCH3 is 1. The number of hydrogen-bond acceptors (Lipinski definition) is 6. The van der Waals surface area contributed by atoms with Crippen molar-refractivity contribution in [1.82, 2.24) is 9.97 Å². The van der Waals surface area contributed by atoms with E-state index in [0.717, 1.165) is 22.8 Å². The van der Waals surface area contributed by atoms with Crippen LogP contribution in [0, 0.1) is 19.8 Å². The van der Waals surface area contributed by atoms with E-state index >= 15 is 0 Å². The van der Waals surface area contributed by atoms with Crippen LogP contribution < -0.4 is 19.9 Å². The lowest BCUT2D eigenvalue weighted by Gasteiger charge is -2.19. The summed E-state index contributed by atoms with van der Waals surface area (Å²) < 4.78 is 5.24. The quantitative estimate of drug-likeness (QED) is 0.620. The molecule has 0 radical (unpaired) electrons. The average Bonchev–Trinajstić information content (AvgIpc) is 3.20. The molecule has 8 heteroatoms. The van der Waals surface area contributed by atoms with E-state index < -0.39 is 5.92 Å². The minimum Gasteiger partial charge on any atom is -0.497 e. The molecule has 1 fully saturated rings. The monoisotopic (exact) mass is 445 g/mol. The Balaban J connectivity index is 1.41. The fourth-order valence-corrected chi connectivity index (χ4v) is 3.90. The maximum absolute atomic E-state index is 12.8. The summed E-state index contributed by atoms with van der Waals surface area (Å²) >= 11 is 0. The topological polar surface area (TPSA) is 87.7 Å². The summed E-state index contributed by atoms with van der Waals surface area (Å²) in [6.45, 7) is 4.21. The number of aryl methyl sites for hydroxylation is 2. The average molecular weight is 446 g/mol. The van der Waals surface area contributed by atoms with E-state index in [9.17, 15) is 9.59 Å². The van der Waals surface area contributed by atoms with Crippen LogP contribution in [0.3, 0.4) is 0 Å². The molecule has 1 unspecified atom stereocenters. The summed E-state index contributed by atoms with van der Waals surface area (Å²) in [5, 5.41) is 2.93. The third kappa shape index (κ3) is 4.95. The maximum Gasteiger partial charge on any atom is 0.230 e. The SMILES string of the molecule is COc1cccc(N2CC(C(=O)Nc3ccc(N(C)c4nc(C)cc(C)n4)cc3)CC2=O)c1. The van der Waals surface area contributed by atoms with Gasteiger partial charge in [-0.1, -0.05) is 6.07 Å². The summed E-state index contributed by atoms with van der Waals surface area (Å²) in [4.78, 5) is 37.9. The van der Waals surface area contributed by atoms with Gasteiger partial charge in [0.25, 0.3) is 0 Å². The molecule has 33 heavy (non-hydrogen) atoms. The molecule has 0 saturated carbocycles. The minimum atomic E-state index is -0.422. The van der Waals surface area contributed by atoms with Crippen LogP contribution in [0.5, 0.6) is 5.75 Å². The molecule has 1 aromatic heterocycles. The first kappa shape index (κ1) is 22.3. The van der Waals surface area contributed by atoms with Crippen LogP contribution in [0.25, 0.3) is 0 Å². The molecular weight excluding hydrogens is 418 g/mol. The van der Waals surface area contributed by atoms with Crippen molar-refractivity contribution >= 4 is 34.8 Å². The first-order chi connectivity index (χ1) is 15.8. The van der Waals surface area contributed by atoms with Crippen LogP contribution >= 0.6 is 0 Å². The standard InChI is InChI=1S/C25H27N5O3/c1-16-12-17(2)27-25(26-16)29(3)20-10-8-19(9-11-20)28-24(32)18-13-23(31)30(15-18)21-6-5-7-22(14-21)33-4/h5-12,14,18H,13,15H2,1-4H3,(H,28,32). The second-order valence-electron chi connectivity index (χ2n) is 8.15. The number of nitrogens with one attached hydrogen (secondary N) is 1. The van der Waals surface area contributed by atoms with Crippen molar-refractivity contribution in [1.29, 1.82) is 0 Å². The van der Waals surface area contributed by atoms with Gasteiger partial charge in [0.2, 0.25) is 17.8 Å². The van der Waals surface area contributed by atoms with Crippen molar-refractivity contribution in [3.63, 3.8) is 0 Å². The van der Waals surface area contributed by atoms with E-state index in [2.05, 4.69) is 15.3 Å². The Bertz CT molecular complexity index is 1160. The Hall–Kier alpha value is -3.94. The van der Waals surface area contributed by atoms with Crippen LogP contribution in [0.1, 0.15) is 17.8 Å². The lowest BCUT2D eigenvalue weighted by molar-refractivity contribution is -0.122. The first-order valence-electron chi connectivity index (χ1n) is 10.8. The third-order valence-electron chi connectivity index (χ3n) is 5.65. The molecule has 0 bridgehead atoms. The lowest BCUT2D eigenvalue weighted by atomic mass is 10.1. The smallest absolute Gasteiger partial charge is 0.230 e. The number of amides is 2. The van der Waals surface area contributed by atoms with Gasteiger partial charge in [-0.05, 0) is 56.3 Å². The Morgan fingerprint density at radius 1 is 1.09 bits per heavy atom. The molecule has 1 aliphatic rings. The molecule has 3 aromatic rings. The number of nitrogens with zero attached hydrogens (tertiary/aromatic N) is 4. The van der Waals surface area contributed by atoms with E-state index in [0.29, 0.717) is 23.9 Å². The van der Waals surface area contributed by atoms with Crippen molar-refractivity contribution in [2.24, 2.45) is 5.92 Å². The molecule has 1 atom stereocenters. The predicted octanol–water partition coefficient (Wildman–Crippen LogP) is 3.86. The zero-order valence-corrected chi connectivity index (χ0v) is 19.2. The van der Waals surface area contributed by atoms with Crippen molar-refractivity contribution in [3.8, 4) is 5.75 Å². The largest absolute Gasteiger partial charge is 0.497 e. The van der Waals surface area contributed by atoms with Gasteiger partial charge in [-0.2, -0.15) is 0 Å². The lowest BCUT2D eigenvalue weighted by Crippen LogP contribution is -2.28. The third-order valence-corrected chi connectivity index (χ3v) is 5.65. The molecule has 2 aromatic carbocycles. The molecule has 1 N–H and O–H groups in total. The molecule has 2 amide bonds.